The molecular weight excluding hydrogens is 336 g/mol. The van der Waals surface area contributed by atoms with Crippen LogP contribution in [0.3, 0.4) is 0 Å². The average molecular weight is 356 g/mol. The normalized spacial score (nSPS) is 12.7. The molecule has 0 spiro atoms. The number of aryl methyl sites for hydroxylation is 3. The van der Waals surface area contributed by atoms with Crippen LogP contribution in [0.5, 0.6) is 11.5 Å². The minimum atomic E-state index is 0.303. The van der Waals surface area contributed by atoms with Crippen molar-refractivity contribution in [1.29, 1.82) is 0 Å². The highest BCUT2D eigenvalue weighted by Crippen LogP contribution is 2.33. The summed E-state index contributed by atoms with van der Waals surface area (Å²) >= 11 is 1.75. The summed E-state index contributed by atoms with van der Waals surface area (Å²) in [5, 5.41) is 5.52. The molecule has 2 aromatic heterocycles. The zero-order valence-electron chi connectivity index (χ0n) is 14.3. The van der Waals surface area contributed by atoms with Crippen LogP contribution < -0.4 is 9.47 Å². The number of rotatable bonds is 6. The lowest BCUT2D eigenvalue weighted by molar-refractivity contribution is 0.174. The Morgan fingerprint density at radius 1 is 1.16 bits per heavy atom. The van der Waals surface area contributed by atoms with Gasteiger partial charge in [0.25, 0.3) is 0 Å². The van der Waals surface area contributed by atoms with Crippen molar-refractivity contribution < 1.29 is 9.47 Å². The van der Waals surface area contributed by atoms with Crippen LogP contribution in [0.2, 0.25) is 0 Å². The van der Waals surface area contributed by atoms with Crippen LogP contribution in [0, 0.1) is 13.8 Å². The van der Waals surface area contributed by atoms with Gasteiger partial charge in [0.05, 0.1) is 12.2 Å². The SMILES string of the molecule is Cc1cc(C)n(CCSc2nccn2Cc2ccc3c(c2)OCO3)n1. The number of benzene rings is 1. The van der Waals surface area contributed by atoms with Gasteiger partial charge in [-0.05, 0) is 37.6 Å². The first-order valence-electron chi connectivity index (χ1n) is 8.22. The van der Waals surface area contributed by atoms with Gasteiger partial charge in [-0.1, -0.05) is 17.8 Å². The van der Waals surface area contributed by atoms with E-state index in [0.717, 1.165) is 41.2 Å². The van der Waals surface area contributed by atoms with E-state index in [2.05, 4.69) is 33.7 Å². The largest absolute Gasteiger partial charge is 0.454 e. The van der Waals surface area contributed by atoms with E-state index in [1.165, 1.54) is 11.3 Å². The molecule has 6 nitrogen and oxygen atoms in total. The molecular formula is C18H20N4O2S. The number of imidazole rings is 1. The van der Waals surface area contributed by atoms with Crippen molar-refractivity contribution in [2.45, 2.75) is 32.1 Å². The number of fused-ring (bicyclic) bond motifs is 1. The van der Waals surface area contributed by atoms with Gasteiger partial charge >= 0.3 is 0 Å². The second-order valence-electron chi connectivity index (χ2n) is 6.02. The molecule has 7 heteroatoms. The Hall–Kier alpha value is -2.41. The fourth-order valence-corrected chi connectivity index (χ4v) is 3.79. The van der Waals surface area contributed by atoms with Gasteiger partial charge in [0.1, 0.15) is 0 Å². The number of thioether (sulfide) groups is 1. The second kappa shape index (κ2) is 6.84. The van der Waals surface area contributed by atoms with Crippen molar-refractivity contribution in [2.24, 2.45) is 0 Å². The number of ether oxygens (including phenoxy) is 2. The lowest BCUT2D eigenvalue weighted by Crippen LogP contribution is -2.06. The minimum absolute atomic E-state index is 0.303. The minimum Gasteiger partial charge on any atom is -0.454 e. The Kier molecular flexibility index (Phi) is 4.40. The summed E-state index contributed by atoms with van der Waals surface area (Å²) in [6.07, 6.45) is 3.86. The Bertz CT molecular complexity index is 887. The number of hydrogen-bond donors (Lipinski definition) is 0. The Morgan fingerprint density at radius 3 is 2.88 bits per heavy atom. The highest BCUT2D eigenvalue weighted by Gasteiger charge is 2.14. The van der Waals surface area contributed by atoms with Crippen molar-refractivity contribution in [3.05, 3.63) is 53.6 Å². The molecule has 0 aliphatic carbocycles. The molecule has 0 unspecified atom stereocenters. The maximum absolute atomic E-state index is 5.45. The van der Waals surface area contributed by atoms with Crippen LogP contribution in [0.1, 0.15) is 17.0 Å². The fraction of sp³-hybridized carbons (Fsp3) is 0.333. The molecule has 0 bridgehead atoms. The first-order chi connectivity index (χ1) is 12.2. The summed E-state index contributed by atoms with van der Waals surface area (Å²) in [4.78, 5) is 4.48. The zero-order chi connectivity index (χ0) is 17.2. The standard InChI is InChI=1S/C18H20N4O2S/c1-13-9-14(2)22(20-13)7-8-25-18-19-5-6-21(18)11-15-3-4-16-17(10-15)24-12-23-16/h3-6,9-10H,7-8,11-12H2,1-2H3. The molecule has 0 saturated carbocycles. The summed E-state index contributed by atoms with van der Waals surface area (Å²) in [6, 6.07) is 8.17. The monoisotopic (exact) mass is 356 g/mol. The first kappa shape index (κ1) is 16.1. The summed E-state index contributed by atoms with van der Waals surface area (Å²) in [6.45, 7) is 6.05. The summed E-state index contributed by atoms with van der Waals surface area (Å²) in [5.41, 5.74) is 3.43. The summed E-state index contributed by atoms with van der Waals surface area (Å²) in [5.74, 6) is 2.56. The third-order valence-electron chi connectivity index (χ3n) is 4.10. The molecule has 0 radical (unpaired) electrons. The predicted octanol–water partition coefficient (Wildman–Crippen LogP) is 3.27. The number of aromatic nitrogens is 4. The molecule has 3 heterocycles. The molecule has 1 aliphatic heterocycles. The van der Waals surface area contributed by atoms with Crippen LogP contribution in [0.25, 0.3) is 0 Å². The molecule has 4 rings (SSSR count). The molecule has 0 amide bonds. The van der Waals surface area contributed by atoms with E-state index >= 15 is 0 Å². The molecule has 1 aromatic carbocycles. The average Bonchev–Trinajstić information content (AvgIpc) is 3.29. The molecule has 0 atom stereocenters. The third kappa shape index (κ3) is 3.51. The zero-order valence-corrected chi connectivity index (χ0v) is 15.1. The van der Waals surface area contributed by atoms with Crippen molar-refractivity contribution in [3.63, 3.8) is 0 Å². The van der Waals surface area contributed by atoms with E-state index in [-0.39, 0.29) is 0 Å². The van der Waals surface area contributed by atoms with Crippen LogP contribution in [0.15, 0.2) is 41.8 Å². The van der Waals surface area contributed by atoms with E-state index in [1.807, 2.05) is 36.1 Å². The van der Waals surface area contributed by atoms with Gasteiger partial charge in [-0.2, -0.15) is 5.10 Å². The fourth-order valence-electron chi connectivity index (χ4n) is 2.92. The van der Waals surface area contributed by atoms with Gasteiger partial charge in [-0.25, -0.2) is 4.98 Å². The lowest BCUT2D eigenvalue weighted by Gasteiger charge is -2.09. The van der Waals surface area contributed by atoms with Crippen LogP contribution in [-0.4, -0.2) is 31.9 Å². The number of hydrogen-bond acceptors (Lipinski definition) is 5. The maximum atomic E-state index is 5.45. The smallest absolute Gasteiger partial charge is 0.231 e. The van der Waals surface area contributed by atoms with Gasteiger partial charge in [-0.15, -0.1) is 0 Å². The Labute approximate surface area is 150 Å². The molecule has 1 aliphatic rings. The number of nitrogens with zero attached hydrogens (tertiary/aromatic N) is 4. The van der Waals surface area contributed by atoms with Gasteiger partial charge in [0, 0.05) is 30.4 Å². The Morgan fingerprint density at radius 2 is 2.04 bits per heavy atom. The summed E-state index contributed by atoms with van der Waals surface area (Å²) < 4.78 is 15.0. The quantitative estimate of drug-likeness (QED) is 0.635. The molecule has 0 N–H and O–H groups in total. The highest BCUT2D eigenvalue weighted by molar-refractivity contribution is 7.99. The van der Waals surface area contributed by atoms with Gasteiger partial charge < -0.3 is 14.0 Å². The van der Waals surface area contributed by atoms with E-state index in [9.17, 15) is 0 Å². The first-order valence-corrected chi connectivity index (χ1v) is 9.21. The van der Waals surface area contributed by atoms with Crippen molar-refractivity contribution in [1.82, 2.24) is 19.3 Å². The van der Waals surface area contributed by atoms with Crippen LogP contribution in [0.4, 0.5) is 0 Å². The Balaban J connectivity index is 1.39. The molecule has 3 aromatic rings. The molecule has 0 fully saturated rings. The molecule has 25 heavy (non-hydrogen) atoms. The van der Waals surface area contributed by atoms with E-state index in [1.54, 1.807) is 11.8 Å². The third-order valence-corrected chi connectivity index (χ3v) is 5.09. The van der Waals surface area contributed by atoms with E-state index in [4.69, 9.17) is 9.47 Å². The van der Waals surface area contributed by atoms with Crippen molar-refractivity contribution in [3.8, 4) is 11.5 Å². The summed E-state index contributed by atoms with van der Waals surface area (Å²) in [7, 11) is 0. The van der Waals surface area contributed by atoms with Crippen LogP contribution in [-0.2, 0) is 13.1 Å². The topological polar surface area (TPSA) is 54.1 Å². The van der Waals surface area contributed by atoms with E-state index in [0.29, 0.717) is 6.79 Å². The van der Waals surface area contributed by atoms with E-state index < -0.39 is 0 Å². The lowest BCUT2D eigenvalue weighted by atomic mass is 10.2. The maximum Gasteiger partial charge on any atom is 0.231 e. The predicted molar refractivity (Wildman–Crippen MR) is 96.3 cm³/mol. The van der Waals surface area contributed by atoms with Gasteiger partial charge in [-0.3, -0.25) is 4.68 Å². The molecule has 0 saturated heterocycles. The second-order valence-corrected chi connectivity index (χ2v) is 7.09. The van der Waals surface area contributed by atoms with Gasteiger partial charge in [0.2, 0.25) is 6.79 Å². The highest BCUT2D eigenvalue weighted by atomic mass is 32.2. The van der Waals surface area contributed by atoms with Crippen molar-refractivity contribution in [2.75, 3.05) is 12.5 Å². The molecule has 130 valence electrons. The van der Waals surface area contributed by atoms with Gasteiger partial charge in [0.15, 0.2) is 16.7 Å². The van der Waals surface area contributed by atoms with Crippen molar-refractivity contribution >= 4 is 11.8 Å². The van der Waals surface area contributed by atoms with Crippen LogP contribution >= 0.6 is 11.8 Å².